The molecule has 0 aliphatic carbocycles. The predicted molar refractivity (Wildman–Crippen MR) is 113 cm³/mol. The number of phenols is 1. The van der Waals surface area contributed by atoms with Crippen molar-refractivity contribution in [2.75, 3.05) is 13.7 Å². The quantitative estimate of drug-likeness (QED) is 0.566. The van der Waals surface area contributed by atoms with Gasteiger partial charge in [-0.1, -0.05) is 11.6 Å². The van der Waals surface area contributed by atoms with Crippen LogP contribution in [0.15, 0.2) is 36.4 Å². The molecule has 0 saturated heterocycles. The van der Waals surface area contributed by atoms with Gasteiger partial charge in [-0.15, -0.1) is 0 Å². The fourth-order valence-electron chi connectivity index (χ4n) is 3.32. The van der Waals surface area contributed by atoms with E-state index >= 15 is 0 Å². The predicted octanol–water partition coefficient (Wildman–Crippen LogP) is 3.36. The number of halogens is 2. The van der Waals surface area contributed by atoms with Crippen molar-refractivity contribution in [3.63, 3.8) is 0 Å². The number of benzene rings is 2. The first-order valence-corrected chi connectivity index (χ1v) is 9.77. The Balaban J connectivity index is 2.00. The lowest BCUT2D eigenvalue weighted by molar-refractivity contribution is -0.140. The summed E-state index contributed by atoms with van der Waals surface area (Å²) in [6.07, 6.45) is -0.112. The number of carbonyl (C=O) groups is 3. The topological polar surface area (TPSA) is 97.6 Å². The second kappa shape index (κ2) is 9.18. The van der Waals surface area contributed by atoms with E-state index in [1.807, 2.05) is 0 Å². The van der Waals surface area contributed by atoms with Crippen LogP contribution in [0.3, 0.4) is 0 Å². The van der Waals surface area contributed by atoms with Crippen LogP contribution in [0.5, 0.6) is 5.75 Å². The van der Waals surface area contributed by atoms with E-state index in [9.17, 15) is 23.9 Å². The average molecular weight is 447 g/mol. The first kappa shape index (κ1) is 22.3. The maximum absolute atomic E-state index is 14.1. The summed E-state index contributed by atoms with van der Waals surface area (Å²) in [6, 6.07) is 8.48. The molecule has 0 unspecified atom stereocenters. The van der Waals surface area contributed by atoms with Gasteiger partial charge in [0.1, 0.15) is 0 Å². The van der Waals surface area contributed by atoms with Gasteiger partial charge in [-0.3, -0.25) is 19.0 Å². The molecule has 1 amide bonds. The molecule has 162 valence electrons. The molecule has 0 spiro atoms. The molecule has 0 aliphatic heterocycles. The van der Waals surface area contributed by atoms with Gasteiger partial charge in [0.05, 0.1) is 25.5 Å². The molecule has 0 atom stereocenters. The number of methoxy groups -OCH3 is 1. The van der Waals surface area contributed by atoms with Crippen molar-refractivity contribution in [3.8, 4) is 5.75 Å². The van der Waals surface area contributed by atoms with Crippen LogP contribution in [0.4, 0.5) is 4.39 Å². The number of aromatic hydroxyl groups is 1. The van der Waals surface area contributed by atoms with Crippen LogP contribution in [0.2, 0.25) is 5.02 Å². The summed E-state index contributed by atoms with van der Waals surface area (Å²) in [4.78, 5) is 36.8. The van der Waals surface area contributed by atoms with Crippen molar-refractivity contribution in [3.05, 3.63) is 64.1 Å². The van der Waals surface area contributed by atoms with Gasteiger partial charge in [0.15, 0.2) is 11.6 Å². The number of phenolic OH excluding ortho intramolecular Hbond substituents is 1. The monoisotopic (exact) mass is 446 g/mol. The minimum absolute atomic E-state index is 0.0179. The molecular formula is C22H20ClFN2O5. The summed E-state index contributed by atoms with van der Waals surface area (Å²) in [7, 11) is 1.26. The molecule has 3 aromatic rings. The lowest BCUT2D eigenvalue weighted by Gasteiger charge is -2.08. The lowest BCUT2D eigenvalue weighted by Crippen LogP contribution is -2.28. The van der Waals surface area contributed by atoms with Gasteiger partial charge in [-0.2, -0.15) is 0 Å². The fourth-order valence-corrected chi connectivity index (χ4v) is 3.45. The molecule has 7 nitrogen and oxygen atoms in total. The Hall–Kier alpha value is -3.39. The first-order chi connectivity index (χ1) is 14.7. The van der Waals surface area contributed by atoms with E-state index in [0.29, 0.717) is 27.2 Å². The fraction of sp³-hybridized carbons (Fsp3) is 0.227. The van der Waals surface area contributed by atoms with Crippen LogP contribution < -0.4 is 5.32 Å². The summed E-state index contributed by atoms with van der Waals surface area (Å²) in [6.45, 7) is 1.73. The second-order valence-electron chi connectivity index (χ2n) is 6.89. The number of hydrogen-bond donors (Lipinski definition) is 2. The highest BCUT2D eigenvalue weighted by Gasteiger charge is 2.23. The standard InChI is InChI=1S/C22H20ClFN2O5/c1-12-15(10-20(28)25-8-7-21(29)31-2)16-9-19(27)17(24)11-18(16)26(12)22(30)13-3-5-14(23)6-4-13/h3-6,9,11,27H,7-8,10H2,1-2H3,(H,25,28). The van der Waals surface area contributed by atoms with Crippen LogP contribution in [-0.4, -0.2) is 41.1 Å². The normalized spacial score (nSPS) is 10.8. The number of fused-ring (bicyclic) bond motifs is 1. The Labute approximate surface area is 182 Å². The number of aromatic nitrogens is 1. The molecule has 1 aromatic heterocycles. The summed E-state index contributed by atoms with van der Waals surface area (Å²) in [5, 5.41) is 13.3. The molecule has 2 aromatic carbocycles. The molecular weight excluding hydrogens is 427 g/mol. The lowest BCUT2D eigenvalue weighted by atomic mass is 10.1. The van der Waals surface area contributed by atoms with Gasteiger partial charge in [0, 0.05) is 34.3 Å². The maximum atomic E-state index is 14.1. The molecule has 0 aliphatic rings. The number of nitrogens with one attached hydrogen (secondary N) is 1. The van der Waals surface area contributed by atoms with Crippen molar-refractivity contribution >= 4 is 40.3 Å². The minimum atomic E-state index is -0.885. The molecule has 0 radical (unpaired) electrons. The van der Waals surface area contributed by atoms with E-state index in [-0.39, 0.29) is 24.9 Å². The smallest absolute Gasteiger partial charge is 0.307 e. The average Bonchev–Trinajstić information content (AvgIpc) is 2.99. The number of amides is 1. The van der Waals surface area contributed by atoms with Crippen molar-refractivity contribution in [2.45, 2.75) is 19.8 Å². The van der Waals surface area contributed by atoms with Gasteiger partial charge in [-0.05, 0) is 42.8 Å². The summed E-state index contributed by atoms with van der Waals surface area (Å²) >= 11 is 5.89. The number of hydrogen-bond acceptors (Lipinski definition) is 5. The largest absolute Gasteiger partial charge is 0.505 e. The zero-order chi connectivity index (χ0) is 22.7. The highest BCUT2D eigenvalue weighted by atomic mass is 35.5. The Kier molecular flexibility index (Phi) is 6.60. The summed E-state index contributed by atoms with van der Waals surface area (Å²) in [5.74, 6) is -2.75. The Morgan fingerprint density at radius 3 is 2.52 bits per heavy atom. The van der Waals surface area contributed by atoms with E-state index < -0.39 is 29.4 Å². The number of nitrogens with zero attached hydrogens (tertiary/aromatic N) is 1. The molecule has 3 rings (SSSR count). The maximum Gasteiger partial charge on any atom is 0.307 e. The van der Waals surface area contributed by atoms with Crippen molar-refractivity contribution in [1.82, 2.24) is 9.88 Å². The third-order valence-corrected chi connectivity index (χ3v) is 5.17. The molecule has 1 heterocycles. The SMILES string of the molecule is COC(=O)CCNC(=O)Cc1c(C)n(C(=O)c2ccc(Cl)cc2)c2cc(F)c(O)cc12. The van der Waals surface area contributed by atoms with E-state index in [4.69, 9.17) is 11.6 Å². The zero-order valence-corrected chi connectivity index (χ0v) is 17.6. The van der Waals surface area contributed by atoms with Gasteiger partial charge < -0.3 is 15.2 Å². The van der Waals surface area contributed by atoms with Gasteiger partial charge in [0.2, 0.25) is 5.91 Å². The van der Waals surface area contributed by atoms with Crippen LogP contribution in [0, 0.1) is 12.7 Å². The van der Waals surface area contributed by atoms with Crippen LogP contribution in [-0.2, 0) is 20.7 Å². The molecule has 31 heavy (non-hydrogen) atoms. The number of ether oxygens (including phenoxy) is 1. The summed E-state index contributed by atoms with van der Waals surface area (Å²) < 4.78 is 19.9. The van der Waals surface area contributed by atoms with Crippen molar-refractivity contribution in [2.24, 2.45) is 0 Å². The van der Waals surface area contributed by atoms with Gasteiger partial charge in [0.25, 0.3) is 5.91 Å². The van der Waals surface area contributed by atoms with Crippen LogP contribution in [0.1, 0.15) is 28.0 Å². The van der Waals surface area contributed by atoms with Crippen molar-refractivity contribution in [1.29, 1.82) is 0 Å². The van der Waals surface area contributed by atoms with Crippen LogP contribution in [0.25, 0.3) is 10.9 Å². The zero-order valence-electron chi connectivity index (χ0n) is 16.9. The Morgan fingerprint density at radius 2 is 1.87 bits per heavy atom. The minimum Gasteiger partial charge on any atom is -0.505 e. The third kappa shape index (κ3) is 4.69. The van der Waals surface area contributed by atoms with Gasteiger partial charge in [-0.25, -0.2) is 4.39 Å². The number of carbonyl (C=O) groups excluding carboxylic acids is 3. The van der Waals surface area contributed by atoms with Gasteiger partial charge >= 0.3 is 5.97 Å². The van der Waals surface area contributed by atoms with Crippen molar-refractivity contribution < 1.29 is 28.6 Å². The number of esters is 1. The Bertz CT molecular complexity index is 1170. The third-order valence-electron chi connectivity index (χ3n) is 4.91. The van der Waals surface area contributed by atoms with Crippen LogP contribution >= 0.6 is 11.6 Å². The Morgan fingerprint density at radius 1 is 1.19 bits per heavy atom. The highest BCUT2D eigenvalue weighted by Crippen LogP contribution is 2.32. The molecule has 2 N–H and O–H groups in total. The number of rotatable bonds is 6. The summed E-state index contributed by atoms with van der Waals surface area (Å²) in [5.41, 5.74) is 1.45. The first-order valence-electron chi connectivity index (χ1n) is 9.39. The molecule has 0 saturated carbocycles. The van der Waals surface area contributed by atoms with E-state index in [1.165, 1.54) is 17.7 Å². The van der Waals surface area contributed by atoms with E-state index in [1.54, 1.807) is 31.2 Å². The highest BCUT2D eigenvalue weighted by molar-refractivity contribution is 6.30. The van der Waals surface area contributed by atoms with E-state index in [0.717, 1.165) is 6.07 Å². The molecule has 0 bridgehead atoms. The molecule has 0 fully saturated rings. The second-order valence-corrected chi connectivity index (χ2v) is 7.32. The molecule has 9 heteroatoms. The van der Waals surface area contributed by atoms with E-state index in [2.05, 4.69) is 10.1 Å².